The van der Waals surface area contributed by atoms with Crippen LogP contribution in [0.15, 0.2) is 54.7 Å². The average Bonchev–Trinajstić information content (AvgIpc) is 3.05. The summed E-state index contributed by atoms with van der Waals surface area (Å²) in [5, 5.41) is 0. The van der Waals surface area contributed by atoms with Crippen molar-refractivity contribution in [2.75, 3.05) is 0 Å². The molecule has 2 aromatic heterocycles. The molecule has 35 heavy (non-hydrogen) atoms. The molecule has 0 fully saturated rings. The van der Waals surface area contributed by atoms with Gasteiger partial charge in [0.05, 0.1) is 18.0 Å². The summed E-state index contributed by atoms with van der Waals surface area (Å²) >= 11 is 0. The molecule has 4 aromatic rings. The molecule has 3 nitrogen and oxygen atoms in total. The van der Waals surface area contributed by atoms with Crippen molar-refractivity contribution in [3.8, 4) is 22.6 Å². The Balaban J connectivity index is 0.00000289. The van der Waals surface area contributed by atoms with Gasteiger partial charge in [0.1, 0.15) is 5.69 Å². The van der Waals surface area contributed by atoms with Crippen LogP contribution < -0.4 is 0 Å². The summed E-state index contributed by atoms with van der Waals surface area (Å²) in [4.78, 5) is 13.2. The normalized spacial score (nSPS) is 13.4. The van der Waals surface area contributed by atoms with Crippen LogP contribution in [0.3, 0.4) is 0 Å². The predicted molar refractivity (Wildman–Crippen MR) is 127 cm³/mol. The Bertz CT molecular complexity index is 1490. The van der Waals surface area contributed by atoms with Crippen LogP contribution in [-0.4, -0.2) is 9.97 Å². The molecule has 0 spiro atoms. The molecule has 0 saturated carbocycles. The van der Waals surface area contributed by atoms with Gasteiger partial charge in [-0.25, -0.2) is 0 Å². The second kappa shape index (κ2) is 8.77. The molecule has 0 saturated heterocycles. The Kier molecular flexibility index (Phi) is 6.24. The van der Waals surface area contributed by atoms with Crippen LogP contribution in [0.1, 0.15) is 49.9 Å². The van der Waals surface area contributed by atoms with Gasteiger partial charge in [-0.3, -0.25) is 23.6 Å². The minimum absolute atomic E-state index is 0. The summed E-state index contributed by atoms with van der Waals surface area (Å²) in [7, 11) is 0. The van der Waals surface area contributed by atoms with Crippen LogP contribution in [0.4, 0.5) is 14.5 Å². The first-order chi connectivity index (χ1) is 16.1. The Morgan fingerprint density at radius 3 is 2.49 bits per heavy atom. The van der Waals surface area contributed by atoms with Crippen molar-refractivity contribution in [1.82, 2.24) is 9.97 Å². The van der Waals surface area contributed by atoms with Gasteiger partial charge in [-0.1, -0.05) is 45.4 Å². The minimum Gasteiger partial charge on any atom is -0.294 e. The number of nitrogens with zero attached hydrogens (tertiary/aromatic N) is 3. The van der Waals surface area contributed by atoms with Crippen LogP contribution in [0.2, 0.25) is 0 Å². The molecule has 0 unspecified atom stereocenters. The van der Waals surface area contributed by atoms with E-state index in [0.717, 1.165) is 45.9 Å². The zero-order chi connectivity index (χ0) is 24.3. The van der Waals surface area contributed by atoms with Crippen molar-refractivity contribution in [2.45, 2.75) is 38.5 Å². The SMILES string of the molecule is [C-]#[N+]c1cc(C(C)(C)c2[c-]cc(F)cc2F)[c-]c2c1C(C)(C)c1ccc(-c3ccccn3)nc1-2.[Pt+2]. The van der Waals surface area contributed by atoms with E-state index in [-0.39, 0.29) is 26.6 Å². The third-order valence-corrected chi connectivity index (χ3v) is 6.68. The molecule has 0 atom stereocenters. The van der Waals surface area contributed by atoms with Gasteiger partial charge in [-0.15, -0.1) is 46.5 Å². The molecule has 176 valence electrons. The van der Waals surface area contributed by atoms with Gasteiger partial charge in [0.15, 0.2) is 0 Å². The molecule has 2 aromatic carbocycles. The van der Waals surface area contributed by atoms with Crippen molar-refractivity contribution in [3.05, 3.63) is 112 Å². The summed E-state index contributed by atoms with van der Waals surface area (Å²) in [5.74, 6) is -1.36. The first-order valence-electron chi connectivity index (χ1n) is 10.9. The Labute approximate surface area is 218 Å². The number of pyridine rings is 2. The smallest absolute Gasteiger partial charge is 0.294 e. The predicted octanol–water partition coefficient (Wildman–Crippen LogP) is 7.20. The minimum atomic E-state index is -0.905. The number of fused-ring (bicyclic) bond motifs is 3. The van der Waals surface area contributed by atoms with Gasteiger partial charge in [0.25, 0.3) is 0 Å². The summed E-state index contributed by atoms with van der Waals surface area (Å²) in [6.45, 7) is 15.7. The fourth-order valence-electron chi connectivity index (χ4n) is 4.81. The summed E-state index contributed by atoms with van der Waals surface area (Å²) < 4.78 is 28.3. The maximum absolute atomic E-state index is 14.7. The van der Waals surface area contributed by atoms with Crippen molar-refractivity contribution in [1.29, 1.82) is 0 Å². The molecule has 1 aliphatic carbocycles. The van der Waals surface area contributed by atoms with Crippen LogP contribution in [0.5, 0.6) is 0 Å². The molecule has 0 N–H and O–H groups in total. The number of halogens is 2. The van der Waals surface area contributed by atoms with Crippen molar-refractivity contribution >= 4 is 5.69 Å². The number of rotatable bonds is 3. The monoisotopic (exact) mass is 644 g/mol. The number of benzene rings is 2. The van der Waals surface area contributed by atoms with Gasteiger partial charge in [-0.05, 0) is 34.7 Å². The topological polar surface area (TPSA) is 30.1 Å². The van der Waals surface area contributed by atoms with Gasteiger partial charge in [0.2, 0.25) is 0 Å². The van der Waals surface area contributed by atoms with Crippen LogP contribution in [0.25, 0.3) is 27.5 Å². The molecule has 1 aliphatic rings. The quantitative estimate of drug-likeness (QED) is 0.221. The second-order valence-corrected chi connectivity index (χ2v) is 9.53. The van der Waals surface area contributed by atoms with E-state index in [1.54, 1.807) is 12.3 Å². The van der Waals surface area contributed by atoms with Crippen LogP contribution in [-0.2, 0) is 31.9 Å². The van der Waals surface area contributed by atoms with Gasteiger partial charge in [-0.2, -0.15) is 6.07 Å². The van der Waals surface area contributed by atoms with Crippen molar-refractivity contribution in [3.63, 3.8) is 0 Å². The van der Waals surface area contributed by atoms with Gasteiger partial charge in [0, 0.05) is 17.8 Å². The standard InChI is InChI=1S/C29H21F2N3.Pt/c1-28(2,20-10-9-18(30)16-22(20)31)17-14-19-26(25(15-17)32-5)29(3,4)21-11-12-24(34-27(19)21)23-8-6-7-13-33-23;/h6-9,11-13,15-16H,1-4H3;/q-2;+2. The van der Waals surface area contributed by atoms with E-state index < -0.39 is 22.5 Å². The zero-order valence-electron chi connectivity index (χ0n) is 19.6. The molecule has 0 bridgehead atoms. The third-order valence-electron chi connectivity index (χ3n) is 6.68. The van der Waals surface area contributed by atoms with Crippen molar-refractivity contribution < 1.29 is 29.8 Å². The van der Waals surface area contributed by atoms with E-state index in [9.17, 15) is 8.78 Å². The molecular formula is C29H21F2N3Pt. The van der Waals surface area contributed by atoms with E-state index in [4.69, 9.17) is 11.6 Å². The van der Waals surface area contributed by atoms with Crippen molar-refractivity contribution in [2.24, 2.45) is 0 Å². The van der Waals surface area contributed by atoms with Gasteiger partial charge >= 0.3 is 21.1 Å². The second-order valence-electron chi connectivity index (χ2n) is 9.53. The molecule has 0 amide bonds. The van der Waals surface area contributed by atoms with E-state index >= 15 is 0 Å². The van der Waals surface area contributed by atoms with E-state index in [0.29, 0.717) is 11.3 Å². The Hall–Kier alpha value is -3.22. The Morgan fingerprint density at radius 1 is 1.06 bits per heavy atom. The molecule has 0 aliphatic heterocycles. The van der Waals surface area contributed by atoms with E-state index in [1.165, 1.54) is 0 Å². The largest absolute Gasteiger partial charge is 2.00 e. The third kappa shape index (κ3) is 3.91. The number of aromatic nitrogens is 2. The Morgan fingerprint density at radius 2 is 1.83 bits per heavy atom. The first-order valence-corrected chi connectivity index (χ1v) is 10.9. The summed E-state index contributed by atoms with van der Waals surface area (Å²) in [5.41, 5.74) is 4.76. The number of hydrogen-bond donors (Lipinski definition) is 0. The zero-order valence-corrected chi connectivity index (χ0v) is 21.9. The molecule has 6 heteroatoms. The van der Waals surface area contributed by atoms with Crippen LogP contribution >= 0.6 is 0 Å². The molecule has 5 rings (SSSR count). The number of hydrogen-bond acceptors (Lipinski definition) is 2. The molecular weight excluding hydrogens is 623 g/mol. The average molecular weight is 645 g/mol. The van der Waals surface area contributed by atoms with E-state index in [2.05, 4.69) is 35.8 Å². The fraction of sp³-hybridized carbons (Fsp3) is 0.207. The van der Waals surface area contributed by atoms with Gasteiger partial charge < -0.3 is 0 Å². The molecule has 2 heterocycles. The van der Waals surface area contributed by atoms with Crippen LogP contribution in [0, 0.1) is 30.3 Å². The maximum atomic E-state index is 14.7. The summed E-state index contributed by atoms with van der Waals surface area (Å²) in [6.07, 6.45) is 1.72. The maximum Gasteiger partial charge on any atom is 2.00 e. The molecule has 0 radical (unpaired) electrons. The first kappa shape index (κ1) is 24.9. The fourth-order valence-corrected chi connectivity index (χ4v) is 4.81. The summed E-state index contributed by atoms with van der Waals surface area (Å²) in [6, 6.07) is 19.6. The van der Waals surface area contributed by atoms with E-state index in [1.807, 2.05) is 44.2 Å².